The molecule has 0 saturated carbocycles. The number of piperidine rings is 2. The van der Waals surface area contributed by atoms with E-state index in [0.29, 0.717) is 12.5 Å². The van der Waals surface area contributed by atoms with Crippen LogP contribution >= 0.6 is 12.4 Å². The number of benzene rings is 1. The molecule has 1 aromatic carbocycles. The van der Waals surface area contributed by atoms with E-state index < -0.39 is 26.4 Å². The van der Waals surface area contributed by atoms with Crippen molar-refractivity contribution in [1.29, 1.82) is 0 Å². The first-order chi connectivity index (χ1) is 11.8. The zero-order chi connectivity index (χ0) is 18.0. The van der Waals surface area contributed by atoms with E-state index in [1.807, 2.05) is 0 Å². The monoisotopic (exact) mass is 408 g/mol. The molecule has 148 valence electrons. The molecular weight excluding hydrogens is 382 g/mol. The Kier molecular flexibility index (Phi) is 7.42. The molecule has 2 fully saturated rings. The Hall–Kier alpha value is -0.760. The SMILES string of the molecule is CS(=O)(=O)c1cc(F)c(C[C@H]2CCCN(C3CCNCC3)C2)cc1F.Cl. The summed E-state index contributed by atoms with van der Waals surface area (Å²) in [6.07, 6.45) is 5.69. The lowest BCUT2D eigenvalue weighted by Gasteiger charge is -2.40. The fourth-order valence-electron chi connectivity index (χ4n) is 4.09. The Balaban J connectivity index is 0.00000243. The third-order valence-corrected chi connectivity index (χ3v) is 6.50. The number of sulfone groups is 1. The maximum Gasteiger partial charge on any atom is 0.178 e. The first-order valence-electron chi connectivity index (χ1n) is 8.97. The standard InChI is InChI=1S/C18H26F2N2O2S.ClH/c1-25(23,24)18-11-16(19)14(10-17(18)20)9-13-3-2-8-22(12-13)15-4-6-21-7-5-15;/h10-11,13,15,21H,2-9,12H2,1H3;1H/t13-;/m1./s1. The second-order valence-electron chi connectivity index (χ2n) is 7.33. The van der Waals surface area contributed by atoms with Gasteiger partial charge in [0.05, 0.1) is 0 Å². The number of nitrogens with one attached hydrogen (secondary N) is 1. The Morgan fingerprint density at radius 3 is 2.50 bits per heavy atom. The molecule has 0 bridgehead atoms. The van der Waals surface area contributed by atoms with Crippen molar-refractivity contribution in [3.63, 3.8) is 0 Å². The largest absolute Gasteiger partial charge is 0.317 e. The van der Waals surface area contributed by atoms with Crippen molar-refractivity contribution in [3.8, 4) is 0 Å². The predicted octanol–water partition coefficient (Wildman–Crippen LogP) is 2.80. The van der Waals surface area contributed by atoms with Gasteiger partial charge >= 0.3 is 0 Å². The summed E-state index contributed by atoms with van der Waals surface area (Å²) in [6, 6.07) is 2.47. The van der Waals surface area contributed by atoms with Crippen LogP contribution in [0.2, 0.25) is 0 Å². The molecule has 4 nitrogen and oxygen atoms in total. The Morgan fingerprint density at radius 1 is 1.15 bits per heavy atom. The van der Waals surface area contributed by atoms with Gasteiger partial charge in [-0.2, -0.15) is 0 Å². The molecule has 0 radical (unpaired) electrons. The summed E-state index contributed by atoms with van der Waals surface area (Å²) in [6.45, 7) is 4.06. The van der Waals surface area contributed by atoms with Gasteiger partial charge in [-0.25, -0.2) is 17.2 Å². The maximum absolute atomic E-state index is 14.3. The van der Waals surface area contributed by atoms with Gasteiger partial charge < -0.3 is 10.2 Å². The van der Waals surface area contributed by atoms with E-state index in [1.165, 1.54) is 0 Å². The zero-order valence-electron chi connectivity index (χ0n) is 15.0. The second kappa shape index (κ2) is 8.95. The lowest BCUT2D eigenvalue weighted by atomic mass is 9.89. The molecule has 0 aromatic heterocycles. The summed E-state index contributed by atoms with van der Waals surface area (Å²) in [5, 5.41) is 3.37. The van der Waals surface area contributed by atoms with E-state index in [2.05, 4.69) is 10.2 Å². The molecular formula is C18H27ClF2N2O2S. The van der Waals surface area contributed by atoms with Crippen molar-refractivity contribution in [3.05, 3.63) is 29.3 Å². The van der Waals surface area contributed by atoms with Gasteiger partial charge in [-0.3, -0.25) is 0 Å². The van der Waals surface area contributed by atoms with E-state index in [9.17, 15) is 17.2 Å². The molecule has 0 unspecified atom stereocenters. The molecule has 1 atom stereocenters. The maximum atomic E-state index is 14.3. The summed E-state index contributed by atoms with van der Waals surface area (Å²) < 4.78 is 51.4. The highest BCUT2D eigenvalue weighted by Gasteiger charge is 2.28. The number of hydrogen-bond acceptors (Lipinski definition) is 4. The molecule has 0 spiro atoms. The highest BCUT2D eigenvalue weighted by atomic mass is 35.5. The molecule has 1 aromatic rings. The molecule has 2 heterocycles. The average molecular weight is 409 g/mol. The first kappa shape index (κ1) is 21.5. The Labute approximate surface area is 160 Å². The minimum Gasteiger partial charge on any atom is -0.317 e. The van der Waals surface area contributed by atoms with Crippen LogP contribution in [0.25, 0.3) is 0 Å². The van der Waals surface area contributed by atoms with Crippen LogP contribution in [0.4, 0.5) is 8.78 Å². The summed E-state index contributed by atoms with van der Waals surface area (Å²) in [5.41, 5.74) is 0.280. The molecule has 3 rings (SSSR count). The average Bonchev–Trinajstić information content (AvgIpc) is 2.58. The second-order valence-corrected chi connectivity index (χ2v) is 9.32. The van der Waals surface area contributed by atoms with Crippen molar-refractivity contribution in [2.45, 2.75) is 43.0 Å². The van der Waals surface area contributed by atoms with Crippen LogP contribution in [-0.4, -0.2) is 51.8 Å². The lowest BCUT2D eigenvalue weighted by Crippen LogP contribution is -2.47. The van der Waals surface area contributed by atoms with Crippen LogP contribution in [0.1, 0.15) is 31.2 Å². The van der Waals surface area contributed by atoms with Gasteiger partial charge in [-0.05, 0) is 75.4 Å². The topological polar surface area (TPSA) is 49.4 Å². The fraction of sp³-hybridized carbons (Fsp3) is 0.667. The minimum absolute atomic E-state index is 0. The van der Waals surface area contributed by atoms with Crippen molar-refractivity contribution in [1.82, 2.24) is 10.2 Å². The summed E-state index contributed by atoms with van der Waals surface area (Å²) >= 11 is 0. The quantitative estimate of drug-likeness (QED) is 0.832. The van der Waals surface area contributed by atoms with E-state index in [-0.39, 0.29) is 23.9 Å². The molecule has 2 aliphatic rings. The van der Waals surface area contributed by atoms with Crippen molar-refractivity contribution >= 4 is 22.2 Å². The van der Waals surface area contributed by atoms with Gasteiger partial charge in [0.1, 0.15) is 16.5 Å². The third-order valence-electron chi connectivity index (χ3n) is 5.38. The normalized spacial score (nSPS) is 22.8. The van der Waals surface area contributed by atoms with E-state index in [0.717, 1.165) is 70.3 Å². The van der Waals surface area contributed by atoms with Gasteiger partial charge in [-0.1, -0.05) is 0 Å². The smallest absolute Gasteiger partial charge is 0.178 e. The number of likely N-dealkylation sites (tertiary alicyclic amines) is 1. The molecule has 2 aliphatic heterocycles. The van der Waals surface area contributed by atoms with E-state index >= 15 is 0 Å². The van der Waals surface area contributed by atoms with Crippen molar-refractivity contribution in [2.75, 3.05) is 32.4 Å². The number of rotatable bonds is 4. The van der Waals surface area contributed by atoms with Crippen LogP contribution in [0.15, 0.2) is 17.0 Å². The van der Waals surface area contributed by atoms with Gasteiger partial charge in [0.2, 0.25) is 0 Å². The molecule has 0 aliphatic carbocycles. The number of halogens is 3. The van der Waals surface area contributed by atoms with Crippen molar-refractivity contribution < 1.29 is 17.2 Å². The van der Waals surface area contributed by atoms with Gasteiger partial charge in [0, 0.05) is 18.8 Å². The molecule has 2 saturated heterocycles. The highest BCUT2D eigenvalue weighted by molar-refractivity contribution is 7.90. The lowest BCUT2D eigenvalue weighted by molar-refractivity contribution is 0.102. The van der Waals surface area contributed by atoms with Crippen LogP contribution in [0.3, 0.4) is 0 Å². The summed E-state index contributed by atoms with van der Waals surface area (Å²) in [4.78, 5) is 1.93. The number of nitrogens with zero attached hydrogens (tertiary/aromatic N) is 1. The Morgan fingerprint density at radius 2 is 1.85 bits per heavy atom. The molecule has 1 N–H and O–H groups in total. The summed E-state index contributed by atoms with van der Waals surface area (Å²) in [5.74, 6) is -1.20. The predicted molar refractivity (Wildman–Crippen MR) is 101 cm³/mol. The van der Waals surface area contributed by atoms with Gasteiger partial charge in [-0.15, -0.1) is 12.4 Å². The highest BCUT2D eigenvalue weighted by Crippen LogP contribution is 2.27. The van der Waals surface area contributed by atoms with Gasteiger partial charge in [0.25, 0.3) is 0 Å². The van der Waals surface area contributed by atoms with Crippen LogP contribution < -0.4 is 5.32 Å². The molecule has 26 heavy (non-hydrogen) atoms. The van der Waals surface area contributed by atoms with Crippen LogP contribution in [0.5, 0.6) is 0 Å². The summed E-state index contributed by atoms with van der Waals surface area (Å²) in [7, 11) is -3.76. The van der Waals surface area contributed by atoms with Crippen LogP contribution in [0, 0.1) is 17.6 Å². The molecule has 8 heteroatoms. The first-order valence-corrected chi connectivity index (χ1v) is 10.9. The van der Waals surface area contributed by atoms with Gasteiger partial charge in [0.15, 0.2) is 9.84 Å². The third kappa shape index (κ3) is 5.15. The number of hydrogen-bond donors (Lipinski definition) is 1. The van der Waals surface area contributed by atoms with Crippen LogP contribution in [-0.2, 0) is 16.3 Å². The zero-order valence-corrected chi connectivity index (χ0v) is 16.6. The fourth-order valence-corrected chi connectivity index (χ4v) is 4.82. The van der Waals surface area contributed by atoms with E-state index in [1.54, 1.807) is 0 Å². The van der Waals surface area contributed by atoms with E-state index in [4.69, 9.17) is 0 Å². The molecule has 0 amide bonds. The van der Waals surface area contributed by atoms with Crippen molar-refractivity contribution in [2.24, 2.45) is 5.92 Å². The Bertz CT molecular complexity index is 724. The minimum atomic E-state index is -3.76.